The predicted molar refractivity (Wildman–Crippen MR) is 191 cm³/mol. The van der Waals surface area contributed by atoms with Crippen LogP contribution in [0.25, 0.3) is 83.8 Å². The van der Waals surface area contributed by atoms with Gasteiger partial charge in [-0.3, -0.25) is 0 Å². The Morgan fingerprint density at radius 1 is 0.477 bits per heavy atom. The quantitative estimate of drug-likeness (QED) is 0.188. The molecular weight excluding hydrogens is 530 g/mol. The lowest BCUT2D eigenvalue weighted by atomic mass is 9.91. The summed E-state index contributed by atoms with van der Waals surface area (Å²) in [6.07, 6.45) is 6.28. The Morgan fingerprint density at radius 3 is 1.66 bits per heavy atom. The monoisotopic (exact) mass is 561 g/mol. The summed E-state index contributed by atoms with van der Waals surface area (Å²) in [7, 11) is 0. The van der Waals surface area contributed by atoms with E-state index in [-0.39, 0.29) is 0 Å². The van der Waals surface area contributed by atoms with Crippen molar-refractivity contribution >= 4 is 55.9 Å². The lowest BCUT2D eigenvalue weighted by Crippen LogP contribution is -2.26. The molecule has 0 saturated carbocycles. The molecule has 0 fully saturated rings. The summed E-state index contributed by atoms with van der Waals surface area (Å²) in [5.41, 5.74) is 7.13. The van der Waals surface area contributed by atoms with Crippen LogP contribution in [0.4, 0.5) is 0 Å². The van der Waals surface area contributed by atoms with Crippen LogP contribution in [0.3, 0.4) is 0 Å². The van der Waals surface area contributed by atoms with Gasteiger partial charge in [-0.2, -0.15) is 0 Å². The van der Waals surface area contributed by atoms with Crippen molar-refractivity contribution in [2.75, 3.05) is 0 Å². The van der Waals surface area contributed by atoms with E-state index in [4.69, 9.17) is 0 Å². The Balaban J connectivity index is 1.22. The van der Waals surface area contributed by atoms with Gasteiger partial charge in [0, 0.05) is 16.3 Å². The van der Waals surface area contributed by atoms with Crippen LogP contribution in [-0.4, -0.2) is 4.57 Å². The van der Waals surface area contributed by atoms with Crippen LogP contribution in [0, 0.1) is 0 Å². The Bertz CT molecular complexity index is 2470. The molecule has 0 radical (unpaired) electrons. The van der Waals surface area contributed by atoms with Crippen molar-refractivity contribution in [1.29, 1.82) is 0 Å². The third kappa shape index (κ3) is 4.17. The van der Waals surface area contributed by atoms with Crippen LogP contribution in [0.2, 0.25) is 0 Å². The van der Waals surface area contributed by atoms with Crippen molar-refractivity contribution in [1.82, 2.24) is 4.57 Å². The maximum absolute atomic E-state index is 4.42. The van der Waals surface area contributed by atoms with E-state index >= 15 is 0 Å². The summed E-state index contributed by atoms with van der Waals surface area (Å²) < 4.78 is 2.31. The van der Waals surface area contributed by atoms with Gasteiger partial charge in [0.25, 0.3) is 0 Å². The molecule has 1 nitrogen and oxygen atoms in total. The summed E-state index contributed by atoms with van der Waals surface area (Å²) >= 11 is 0. The van der Waals surface area contributed by atoms with Crippen molar-refractivity contribution in [2.45, 2.75) is 6.92 Å². The first-order valence-electron chi connectivity index (χ1n) is 15.2. The second-order valence-corrected chi connectivity index (χ2v) is 11.4. The second kappa shape index (κ2) is 10.6. The Labute approximate surface area is 257 Å². The molecule has 0 aliphatic carbocycles. The summed E-state index contributed by atoms with van der Waals surface area (Å²) in [6.45, 7) is 6.45. The van der Waals surface area contributed by atoms with Gasteiger partial charge in [0.05, 0.1) is 10.9 Å². The highest BCUT2D eigenvalue weighted by Gasteiger charge is 2.11. The van der Waals surface area contributed by atoms with E-state index in [0.717, 1.165) is 16.3 Å². The SMILES string of the molecule is C=c1/c(=C\C=C/C)n(-c2ccc(-c3cccc(-c4ccc5c6ccccc6c6ccccc6c5c4)c3)cc2)c2ccccc12. The van der Waals surface area contributed by atoms with Gasteiger partial charge >= 0.3 is 0 Å². The van der Waals surface area contributed by atoms with E-state index in [2.05, 4.69) is 169 Å². The molecule has 44 heavy (non-hydrogen) atoms. The standard InChI is InChI=1S/C43H31N/c1-3-4-19-42-29(2)35-14-9-10-20-43(35)44(42)34-24-21-30(22-25-34)31-12-11-13-32(27-31)33-23-26-40-38-17-6-5-15-36(38)37-16-7-8-18-39(37)41(40)28-33/h3-28H,2H2,1H3/b4-3-,42-19+. The van der Waals surface area contributed by atoms with E-state index in [1.54, 1.807) is 0 Å². The number of para-hydroxylation sites is 1. The van der Waals surface area contributed by atoms with Crippen LogP contribution in [0.1, 0.15) is 6.92 Å². The third-order valence-corrected chi connectivity index (χ3v) is 8.87. The van der Waals surface area contributed by atoms with E-state index in [1.165, 1.54) is 65.5 Å². The van der Waals surface area contributed by atoms with Crippen molar-refractivity contribution in [2.24, 2.45) is 0 Å². The lowest BCUT2D eigenvalue weighted by Gasteiger charge is -2.13. The molecule has 0 bridgehead atoms. The number of fused-ring (bicyclic) bond motifs is 7. The Hall–Kier alpha value is -5.66. The highest BCUT2D eigenvalue weighted by atomic mass is 15.0. The largest absolute Gasteiger partial charge is 0.309 e. The molecule has 208 valence electrons. The third-order valence-electron chi connectivity index (χ3n) is 8.87. The number of hydrogen-bond acceptors (Lipinski definition) is 0. The second-order valence-electron chi connectivity index (χ2n) is 11.4. The van der Waals surface area contributed by atoms with Crippen LogP contribution < -0.4 is 10.6 Å². The number of benzene rings is 7. The fraction of sp³-hybridized carbons (Fsp3) is 0.0233. The molecule has 8 rings (SSSR count). The topological polar surface area (TPSA) is 4.93 Å². The van der Waals surface area contributed by atoms with Gasteiger partial charge < -0.3 is 4.57 Å². The van der Waals surface area contributed by atoms with Crippen molar-refractivity contribution in [3.05, 3.63) is 162 Å². The first-order valence-corrected chi connectivity index (χ1v) is 15.2. The first-order chi connectivity index (χ1) is 21.7. The number of nitrogens with zero attached hydrogens (tertiary/aromatic N) is 1. The average molecular weight is 562 g/mol. The summed E-state index contributed by atoms with van der Waals surface area (Å²) in [5, 5.41) is 11.1. The van der Waals surface area contributed by atoms with E-state index < -0.39 is 0 Å². The molecule has 0 aliphatic heterocycles. The molecule has 0 amide bonds. The van der Waals surface area contributed by atoms with Gasteiger partial charge in [-0.05, 0) is 97.9 Å². The molecule has 0 spiro atoms. The zero-order valence-electron chi connectivity index (χ0n) is 24.7. The maximum atomic E-state index is 4.42. The highest BCUT2D eigenvalue weighted by Crippen LogP contribution is 2.37. The van der Waals surface area contributed by atoms with Crippen LogP contribution in [0.5, 0.6) is 0 Å². The van der Waals surface area contributed by atoms with Gasteiger partial charge in [0.2, 0.25) is 0 Å². The average Bonchev–Trinajstić information content (AvgIpc) is 3.38. The molecule has 1 aromatic heterocycles. The predicted octanol–water partition coefficient (Wildman–Crippen LogP) is 10.2. The molecule has 1 heteroatoms. The molecular formula is C43H31N. The van der Waals surface area contributed by atoms with Gasteiger partial charge in [-0.15, -0.1) is 0 Å². The molecule has 1 heterocycles. The number of rotatable bonds is 4. The van der Waals surface area contributed by atoms with E-state index in [1.807, 2.05) is 6.92 Å². The molecule has 0 N–H and O–H groups in total. The fourth-order valence-corrected chi connectivity index (χ4v) is 6.74. The summed E-state index contributed by atoms with van der Waals surface area (Å²) in [5.74, 6) is 0. The highest BCUT2D eigenvalue weighted by molar-refractivity contribution is 6.25. The van der Waals surface area contributed by atoms with Crippen molar-refractivity contribution in [3.63, 3.8) is 0 Å². The van der Waals surface area contributed by atoms with Gasteiger partial charge in [0.15, 0.2) is 0 Å². The van der Waals surface area contributed by atoms with Crippen LogP contribution in [0.15, 0.2) is 152 Å². The molecule has 8 aromatic rings. The smallest absolute Gasteiger partial charge is 0.0540 e. The zero-order chi connectivity index (χ0) is 29.6. The van der Waals surface area contributed by atoms with Gasteiger partial charge in [-0.25, -0.2) is 0 Å². The summed E-state index contributed by atoms with van der Waals surface area (Å²) in [4.78, 5) is 0. The minimum absolute atomic E-state index is 1.05. The normalized spacial score (nSPS) is 12.3. The molecule has 0 saturated heterocycles. The minimum Gasteiger partial charge on any atom is -0.309 e. The fourth-order valence-electron chi connectivity index (χ4n) is 6.74. The van der Waals surface area contributed by atoms with Gasteiger partial charge in [-0.1, -0.05) is 128 Å². The molecule has 0 atom stereocenters. The van der Waals surface area contributed by atoms with Crippen molar-refractivity contribution in [3.8, 4) is 27.9 Å². The van der Waals surface area contributed by atoms with Gasteiger partial charge in [0.1, 0.15) is 0 Å². The van der Waals surface area contributed by atoms with E-state index in [9.17, 15) is 0 Å². The maximum Gasteiger partial charge on any atom is 0.0540 e. The lowest BCUT2D eigenvalue weighted by molar-refractivity contribution is 1.07. The zero-order valence-corrected chi connectivity index (χ0v) is 24.7. The summed E-state index contributed by atoms with van der Waals surface area (Å²) in [6, 6.07) is 50.7. The Kier molecular flexibility index (Phi) is 6.24. The van der Waals surface area contributed by atoms with E-state index in [0.29, 0.717) is 0 Å². The Morgan fingerprint density at radius 2 is 1.00 bits per heavy atom. The number of hydrogen-bond donors (Lipinski definition) is 0. The van der Waals surface area contributed by atoms with Crippen LogP contribution in [-0.2, 0) is 0 Å². The van der Waals surface area contributed by atoms with Crippen LogP contribution >= 0.6 is 0 Å². The molecule has 0 unspecified atom stereocenters. The first kappa shape index (κ1) is 26.0. The van der Waals surface area contributed by atoms with Crippen molar-refractivity contribution < 1.29 is 0 Å². The number of allylic oxidation sites excluding steroid dienone is 2. The minimum atomic E-state index is 1.05. The molecule has 7 aromatic carbocycles. The molecule has 0 aliphatic rings. The number of aromatic nitrogens is 1.